The highest BCUT2D eigenvalue weighted by molar-refractivity contribution is 5.38. The van der Waals surface area contributed by atoms with Crippen LogP contribution in [0.1, 0.15) is 48.9 Å². The smallest absolute Gasteiger partial charge is 0.0105 e. The summed E-state index contributed by atoms with van der Waals surface area (Å²) in [5.74, 6) is 0.611. The Balaban J connectivity index is 2.81. The summed E-state index contributed by atoms with van der Waals surface area (Å²) in [5.41, 5.74) is 11.9. The first-order valence-corrected chi connectivity index (χ1v) is 6.78. The van der Waals surface area contributed by atoms with Gasteiger partial charge in [-0.15, -0.1) is 0 Å². The van der Waals surface area contributed by atoms with Gasteiger partial charge in [-0.05, 0) is 56.2 Å². The van der Waals surface area contributed by atoms with E-state index in [2.05, 4.69) is 46.8 Å². The summed E-state index contributed by atoms with van der Waals surface area (Å²) in [6, 6.07) is 4.81. The Morgan fingerprint density at radius 2 is 1.65 bits per heavy atom. The van der Waals surface area contributed by atoms with Gasteiger partial charge in [-0.2, -0.15) is 0 Å². The molecule has 0 spiro atoms. The Hall–Kier alpha value is -0.820. The number of benzene rings is 1. The number of aryl methyl sites for hydroxylation is 3. The quantitative estimate of drug-likeness (QED) is 0.819. The second-order valence-corrected chi connectivity index (χ2v) is 5.51. The van der Waals surface area contributed by atoms with Crippen LogP contribution >= 0.6 is 0 Å². The molecule has 1 nitrogen and oxygen atoms in total. The number of hydrogen-bond donors (Lipinski definition) is 1. The predicted octanol–water partition coefficient (Wildman–Crippen LogP) is 3.92. The summed E-state index contributed by atoms with van der Waals surface area (Å²) >= 11 is 0. The molecule has 0 saturated carbocycles. The lowest BCUT2D eigenvalue weighted by Gasteiger charge is -2.21. The van der Waals surface area contributed by atoms with E-state index in [1.54, 1.807) is 0 Å². The minimum Gasteiger partial charge on any atom is -0.327 e. The van der Waals surface area contributed by atoms with Crippen LogP contribution in [0.5, 0.6) is 0 Å². The topological polar surface area (TPSA) is 26.0 Å². The van der Waals surface area contributed by atoms with Gasteiger partial charge < -0.3 is 5.73 Å². The maximum Gasteiger partial charge on any atom is 0.0105 e. The molecule has 0 aliphatic rings. The van der Waals surface area contributed by atoms with Crippen molar-refractivity contribution >= 4 is 0 Å². The van der Waals surface area contributed by atoms with Gasteiger partial charge in [-0.1, -0.05) is 38.0 Å². The maximum atomic E-state index is 6.31. The van der Waals surface area contributed by atoms with Gasteiger partial charge in [-0.25, -0.2) is 0 Å². The molecule has 2 N–H and O–H groups in total. The molecular weight excluding hydrogens is 206 g/mol. The van der Waals surface area contributed by atoms with Crippen LogP contribution in [0.25, 0.3) is 0 Å². The van der Waals surface area contributed by atoms with Crippen molar-refractivity contribution in [2.75, 3.05) is 0 Å². The summed E-state index contributed by atoms with van der Waals surface area (Å²) in [5, 5.41) is 0. The van der Waals surface area contributed by atoms with Crippen molar-refractivity contribution in [2.45, 2.75) is 59.9 Å². The average Bonchev–Trinajstić information content (AvgIpc) is 2.23. The van der Waals surface area contributed by atoms with E-state index < -0.39 is 0 Å². The fourth-order valence-electron chi connectivity index (χ4n) is 2.64. The van der Waals surface area contributed by atoms with E-state index >= 15 is 0 Å². The van der Waals surface area contributed by atoms with Crippen molar-refractivity contribution in [3.8, 4) is 0 Å². The number of hydrogen-bond acceptors (Lipinski definition) is 1. The van der Waals surface area contributed by atoms with Gasteiger partial charge in [0.15, 0.2) is 0 Å². The van der Waals surface area contributed by atoms with E-state index in [1.165, 1.54) is 35.1 Å². The summed E-state index contributed by atoms with van der Waals surface area (Å²) in [6.07, 6.45) is 3.46. The van der Waals surface area contributed by atoms with E-state index in [1.807, 2.05) is 0 Å². The van der Waals surface area contributed by atoms with Crippen LogP contribution in [-0.2, 0) is 6.42 Å². The molecule has 0 amide bonds. The van der Waals surface area contributed by atoms with Crippen LogP contribution in [0.4, 0.5) is 0 Å². The monoisotopic (exact) mass is 233 g/mol. The number of rotatable bonds is 5. The van der Waals surface area contributed by atoms with Crippen molar-refractivity contribution < 1.29 is 0 Å². The Labute approximate surface area is 106 Å². The normalized spacial score (nSPS) is 14.7. The molecule has 1 aromatic rings. The van der Waals surface area contributed by atoms with Gasteiger partial charge in [-0.3, -0.25) is 0 Å². The Morgan fingerprint density at radius 3 is 2.12 bits per heavy atom. The molecule has 96 valence electrons. The molecule has 2 unspecified atom stereocenters. The molecule has 0 bridgehead atoms. The average molecular weight is 233 g/mol. The highest BCUT2D eigenvalue weighted by Crippen LogP contribution is 2.20. The second kappa shape index (κ2) is 6.20. The molecule has 0 aliphatic carbocycles. The van der Waals surface area contributed by atoms with Crippen LogP contribution < -0.4 is 5.73 Å². The highest BCUT2D eigenvalue weighted by atomic mass is 14.6. The molecular formula is C16H27N. The fraction of sp³-hybridized carbons (Fsp3) is 0.625. The molecule has 0 heterocycles. The Kier molecular flexibility index (Phi) is 5.20. The van der Waals surface area contributed by atoms with Crippen molar-refractivity contribution in [2.24, 2.45) is 11.7 Å². The van der Waals surface area contributed by atoms with Gasteiger partial charge in [0.2, 0.25) is 0 Å². The first-order chi connectivity index (χ1) is 7.95. The van der Waals surface area contributed by atoms with Crippen molar-refractivity contribution in [1.82, 2.24) is 0 Å². The number of nitrogens with two attached hydrogens (primary N) is 1. The third-order valence-electron chi connectivity index (χ3n) is 3.76. The molecule has 1 rings (SSSR count). The SMILES string of the molecule is CCCC(C)C(N)Cc1c(C)cc(C)cc1C. The Bertz CT molecular complexity index is 345. The molecule has 17 heavy (non-hydrogen) atoms. The molecule has 1 heteroatoms. The summed E-state index contributed by atoms with van der Waals surface area (Å²) in [4.78, 5) is 0. The van der Waals surface area contributed by atoms with E-state index in [-0.39, 0.29) is 6.04 Å². The lowest BCUT2D eigenvalue weighted by atomic mass is 9.88. The predicted molar refractivity (Wildman–Crippen MR) is 76.4 cm³/mol. The Morgan fingerprint density at radius 1 is 1.12 bits per heavy atom. The minimum atomic E-state index is 0.287. The second-order valence-electron chi connectivity index (χ2n) is 5.51. The first kappa shape index (κ1) is 14.2. The molecule has 2 atom stereocenters. The minimum absolute atomic E-state index is 0.287. The zero-order chi connectivity index (χ0) is 13.0. The van der Waals surface area contributed by atoms with E-state index in [4.69, 9.17) is 5.73 Å². The molecule has 0 fully saturated rings. The largest absolute Gasteiger partial charge is 0.327 e. The van der Waals surface area contributed by atoms with Crippen molar-refractivity contribution in [3.63, 3.8) is 0 Å². The van der Waals surface area contributed by atoms with Crippen LogP contribution in [-0.4, -0.2) is 6.04 Å². The fourth-order valence-corrected chi connectivity index (χ4v) is 2.64. The van der Waals surface area contributed by atoms with Gasteiger partial charge in [0.1, 0.15) is 0 Å². The van der Waals surface area contributed by atoms with E-state index in [9.17, 15) is 0 Å². The molecule has 0 radical (unpaired) electrons. The van der Waals surface area contributed by atoms with Gasteiger partial charge in [0.25, 0.3) is 0 Å². The summed E-state index contributed by atoms with van der Waals surface area (Å²) in [6.45, 7) is 11.1. The van der Waals surface area contributed by atoms with Crippen LogP contribution in [0.2, 0.25) is 0 Å². The first-order valence-electron chi connectivity index (χ1n) is 6.78. The van der Waals surface area contributed by atoms with Gasteiger partial charge >= 0.3 is 0 Å². The van der Waals surface area contributed by atoms with Gasteiger partial charge in [0, 0.05) is 6.04 Å². The van der Waals surface area contributed by atoms with Crippen LogP contribution in [0.3, 0.4) is 0 Å². The zero-order valence-electron chi connectivity index (χ0n) is 12.0. The van der Waals surface area contributed by atoms with Crippen molar-refractivity contribution in [1.29, 1.82) is 0 Å². The van der Waals surface area contributed by atoms with Crippen molar-refractivity contribution in [3.05, 3.63) is 34.4 Å². The standard InChI is InChI=1S/C16H27N/c1-6-7-12(3)16(17)10-15-13(4)8-11(2)9-14(15)5/h8-9,12,16H,6-7,10,17H2,1-5H3. The third-order valence-corrected chi connectivity index (χ3v) is 3.76. The molecule has 0 saturated heterocycles. The lowest BCUT2D eigenvalue weighted by molar-refractivity contribution is 0.419. The van der Waals surface area contributed by atoms with E-state index in [0.717, 1.165) is 6.42 Å². The third kappa shape index (κ3) is 3.85. The van der Waals surface area contributed by atoms with Crippen LogP contribution in [0.15, 0.2) is 12.1 Å². The van der Waals surface area contributed by atoms with E-state index in [0.29, 0.717) is 5.92 Å². The van der Waals surface area contributed by atoms with Gasteiger partial charge in [0.05, 0.1) is 0 Å². The summed E-state index contributed by atoms with van der Waals surface area (Å²) < 4.78 is 0. The summed E-state index contributed by atoms with van der Waals surface area (Å²) in [7, 11) is 0. The molecule has 1 aromatic carbocycles. The van der Waals surface area contributed by atoms with Crippen LogP contribution in [0, 0.1) is 26.7 Å². The maximum absolute atomic E-state index is 6.31. The lowest BCUT2D eigenvalue weighted by Crippen LogP contribution is -2.31. The highest BCUT2D eigenvalue weighted by Gasteiger charge is 2.15. The zero-order valence-corrected chi connectivity index (χ0v) is 12.0. The molecule has 0 aromatic heterocycles. The molecule has 0 aliphatic heterocycles.